The van der Waals surface area contributed by atoms with Crippen LogP contribution in [0, 0.1) is 5.82 Å². The van der Waals surface area contributed by atoms with E-state index in [-0.39, 0.29) is 24.5 Å². The number of benzene rings is 1. The molecule has 1 heterocycles. The lowest BCUT2D eigenvalue weighted by Gasteiger charge is -2.38. The van der Waals surface area contributed by atoms with Crippen LogP contribution in [-0.4, -0.2) is 23.5 Å². The summed E-state index contributed by atoms with van der Waals surface area (Å²) in [7, 11) is 0. The molecule has 0 spiro atoms. The minimum absolute atomic E-state index is 0. The first-order valence-corrected chi connectivity index (χ1v) is 7.14. The van der Waals surface area contributed by atoms with Crippen molar-refractivity contribution in [1.29, 1.82) is 0 Å². The van der Waals surface area contributed by atoms with Crippen LogP contribution in [0.15, 0.2) is 18.2 Å². The van der Waals surface area contributed by atoms with E-state index in [0.29, 0.717) is 12.1 Å². The predicted molar refractivity (Wildman–Crippen MR) is 80.3 cm³/mol. The maximum absolute atomic E-state index is 13.3. The highest BCUT2D eigenvalue weighted by Gasteiger charge is 2.34. The van der Waals surface area contributed by atoms with Gasteiger partial charge < -0.3 is 5.73 Å². The number of nitrogens with zero attached hydrogens (tertiary/aromatic N) is 1. The Hall–Kier alpha value is -0.850. The van der Waals surface area contributed by atoms with Crippen molar-refractivity contribution in [3.63, 3.8) is 0 Å². The molecule has 2 rings (SSSR count). The van der Waals surface area contributed by atoms with E-state index in [0.717, 1.165) is 37.9 Å². The van der Waals surface area contributed by atoms with Crippen LogP contribution in [0.4, 0.5) is 17.6 Å². The molecule has 2 unspecified atom stereocenters. The monoisotopic (exact) mass is 340 g/mol. The summed E-state index contributed by atoms with van der Waals surface area (Å²) in [6, 6.07) is 3.34. The van der Waals surface area contributed by atoms with Gasteiger partial charge in [-0.1, -0.05) is 12.5 Å². The highest BCUT2D eigenvalue weighted by Crippen LogP contribution is 2.32. The van der Waals surface area contributed by atoms with Gasteiger partial charge in [0.25, 0.3) is 0 Å². The molecular weight excluding hydrogens is 320 g/mol. The van der Waals surface area contributed by atoms with Crippen molar-refractivity contribution in [2.24, 2.45) is 5.73 Å². The van der Waals surface area contributed by atoms with E-state index >= 15 is 0 Å². The third-order valence-corrected chi connectivity index (χ3v) is 3.99. The van der Waals surface area contributed by atoms with Crippen LogP contribution in [0.25, 0.3) is 0 Å². The Bertz CT molecular complexity index is 491. The Balaban J connectivity index is 0.00000242. The van der Waals surface area contributed by atoms with Gasteiger partial charge in [0.1, 0.15) is 5.82 Å². The maximum atomic E-state index is 13.3. The van der Waals surface area contributed by atoms with Crippen molar-refractivity contribution < 1.29 is 17.6 Å². The molecule has 1 fully saturated rings. The van der Waals surface area contributed by atoms with Gasteiger partial charge in [0, 0.05) is 18.6 Å². The van der Waals surface area contributed by atoms with E-state index in [2.05, 4.69) is 4.90 Å². The summed E-state index contributed by atoms with van der Waals surface area (Å²) >= 11 is 0. The largest absolute Gasteiger partial charge is 0.419 e. The van der Waals surface area contributed by atoms with Crippen LogP contribution >= 0.6 is 12.4 Å². The molecule has 1 saturated heterocycles. The number of hydrogen-bond donors (Lipinski definition) is 1. The summed E-state index contributed by atoms with van der Waals surface area (Å²) in [5, 5.41) is 0. The minimum atomic E-state index is -4.66. The SMILES string of the molecule is CC(N)C1CCCCN1Cc1ccc(F)c(C(F)(F)F)c1.Cl. The molecule has 0 amide bonds. The van der Waals surface area contributed by atoms with Gasteiger partial charge in [-0.15, -0.1) is 12.4 Å². The molecule has 0 bridgehead atoms. The smallest absolute Gasteiger partial charge is 0.327 e. The van der Waals surface area contributed by atoms with Crippen LogP contribution in [0.5, 0.6) is 0 Å². The Morgan fingerprint density at radius 2 is 2.00 bits per heavy atom. The van der Waals surface area contributed by atoms with Crippen molar-refractivity contribution in [1.82, 2.24) is 4.90 Å². The van der Waals surface area contributed by atoms with Crippen molar-refractivity contribution >= 4 is 12.4 Å². The highest BCUT2D eigenvalue weighted by molar-refractivity contribution is 5.85. The molecule has 22 heavy (non-hydrogen) atoms. The van der Waals surface area contributed by atoms with Gasteiger partial charge in [0.05, 0.1) is 5.56 Å². The summed E-state index contributed by atoms with van der Waals surface area (Å²) in [5.41, 5.74) is 5.22. The molecule has 126 valence electrons. The second-order valence-electron chi connectivity index (χ2n) is 5.70. The topological polar surface area (TPSA) is 29.3 Å². The van der Waals surface area contributed by atoms with Crippen LogP contribution in [0.3, 0.4) is 0 Å². The lowest BCUT2D eigenvalue weighted by atomic mass is 9.96. The minimum Gasteiger partial charge on any atom is -0.327 e. The van der Waals surface area contributed by atoms with E-state index in [1.165, 1.54) is 6.07 Å². The Morgan fingerprint density at radius 1 is 1.32 bits per heavy atom. The Labute approximate surface area is 134 Å². The molecule has 1 aliphatic heterocycles. The van der Waals surface area contributed by atoms with Gasteiger partial charge in [-0.2, -0.15) is 13.2 Å². The first-order valence-electron chi connectivity index (χ1n) is 7.14. The third-order valence-electron chi connectivity index (χ3n) is 3.99. The van der Waals surface area contributed by atoms with Crippen molar-refractivity contribution in [2.45, 2.75) is 51.0 Å². The quantitative estimate of drug-likeness (QED) is 0.844. The summed E-state index contributed by atoms with van der Waals surface area (Å²) in [5.74, 6) is -1.23. The number of piperidine rings is 1. The lowest BCUT2D eigenvalue weighted by molar-refractivity contribution is -0.140. The molecule has 2 atom stereocenters. The van der Waals surface area contributed by atoms with Crippen molar-refractivity contribution in [3.05, 3.63) is 35.1 Å². The maximum Gasteiger partial charge on any atom is 0.419 e. The first-order chi connectivity index (χ1) is 9.79. The molecule has 0 aliphatic carbocycles. The standard InChI is InChI=1S/C15H20F4N2.ClH/c1-10(20)14-4-2-3-7-21(14)9-11-5-6-13(16)12(8-11)15(17,18)19;/h5-6,8,10,14H,2-4,7,9,20H2,1H3;1H. The zero-order valence-corrected chi connectivity index (χ0v) is 13.2. The zero-order valence-electron chi connectivity index (χ0n) is 12.4. The number of alkyl halides is 3. The first kappa shape index (κ1) is 19.2. The normalized spacial score (nSPS) is 21.3. The summed E-state index contributed by atoms with van der Waals surface area (Å²) in [6.45, 7) is 3.09. The predicted octanol–water partition coefficient (Wildman–Crippen LogP) is 3.97. The van der Waals surface area contributed by atoms with Crippen molar-refractivity contribution in [2.75, 3.05) is 6.54 Å². The van der Waals surface area contributed by atoms with Gasteiger partial charge in [-0.25, -0.2) is 4.39 Å². The van der Waals surface area contributed by atoms with Gasteiger partial charge in [0.15, 0.2) is 0 Å². The van der Waals surface area contributed by atoms with Gasteiger partial charge in [-0.05, 0) is 44.0 Å². The molecule has 0 radical (unpaired) electrons. The third kappa shape index (κ3) is 4.57. The van der Waals surface area contributed by atoms with Gasteiger partial charge >= 0.3 is 6.18 Å². The van der Waals surface area contributed by atoms with E-state index < -0.39 is 17.6 Å². The molecule has 1 aliphatic rings. The summed E-state index contributed by atoms with van der Waals surface area (Å²) in [4.78, 5) is 2.10. The van der Waals surface area contributed by atoms with E-state index in [1.54, 1.807) is 0 Å². The number of hydrogen-bond acceptors (Lipinski definition) is 2. The molecule has 1 aromatic rings. The number of likely N-dealkylation sites (tertiary alicyclic amines) is 1. The lowest BCUT2D eigenvalue weighted by Crippen LogP contribution is -2.48. The zero-order chi connectivity index (χ0) is 15.6. The molecule has 2 N–H and O–H groups in total. The van der Waals surface area contributed by atoms with Gasteiger partial charge in [-0.3, -0.25) is 4.90 Å². The average molecular weight is 341 g/mol. The second kappa shape index (κ2) is 7.62. The van der Waals surface area contributed by atoms with E-state index in [9.17, 15) is 17.6 Å². The van der Waals surface area contributed by atoms with Crippen LogP contribution < -0.4 is 5.73 Å². The molecular formula is C15H21ClF4N2. The Morgan fingerprint density at radius 3 is 2.59 bits per heavy atom. The van der Waals surface area contributed by atoms with E-state index in [1.807, 2.05) is 6.92 Å². The molecule has 1 aromatic carbocycles. The summed E-state index contributed by atoms with van der Waals surface area (Å²) < 4.78 is 51.5. The Kier molecular flexibility index (Phi) is 6.65. The number of rotatable bonds is 3. The van der Waals surface area contributed by atoms with E-state index in [4.69, 9.17) is 5.73 Å². The number of halogens is 5. The average Bonchev–Trinajstić information content (AvgIpc) is 2.40. The van der Waals surface area contributed by atoms with Crippen LogP contribution in [0.2, 0.25) is 0 Å². The summed E-state index contributed by atoms with van der Waals surface area (Å²) in [6.07, 6.45) is -1.62. The molecule has 2 nitrogen and oxygen atoms in total. The molecule has 7 heteroatoms. The van der Waals surface area contributed by atoms with Crippen molar-refractivity contribution in [3.8, 4) is 0 Å². The van der Waals surface area contributed by atoms with Crippen LogP contribution in [0.1, 0.15) is 37.3 Å². The fourth-order valence-corrected chi connectivity index (χ4v) is 2.93. The van der Waals surface area contributed by atoms with Crippen LogP contribution in [-0.2, 0) is 12.7 Å². The second-order valence-corrected chi connectivity index (χ2v) is 5.70. The highest BCUT2D eigenvalue weighted by atomic mass is 35.5. The fourth-order valence-electron chi connectivity index (χ4n) is 2.93. The molecule has 0 aromatic heterocycles. The molecule has 0 saturated carbocycles. The van der Waals surface area contributed by atoms with Gasteiger partial charge in [0.2, 0.25) is 0 Å². The number of nitrogens with two attached hydrogens (primary N) is 1. The fraction of sp³-hybridized carbons (Fsp3) is 0.600.